The number of amides is 4. The van der Waals surface area contributed by atoms with E-state index < -0.39 is 11.7 Å². The number of fused-ring (bicyclic) bond motifs is 2. The van der Waals surface area contributed by atoms with Crippen LogP contribution in [-0.4, -0.2) is 95.4 Å². The Bertz CT molecular complexity index is 2140. The second-order valence-corrected chi connectivity index (χ2v) is 15.3. The number of alkyl halides is 1. The van der Waals surface area contributed by atoms with Gasteiger partial charge in [0.1, 0.15) is 17.4 Å². The summed E-state index contributed by atoms with van der Waals surface area (Å²) in [6.45, 7) is 2.71. The number of hydrogen-bond donors (Lipinski definition) is 2. The van der Waals surface area contributed by atoms with Gasteiger partial charge in [-0.2, -0.15) is 5.10 Å². The van der Waals surface area contributed by atoms with Gasteiger partial charge in [-0.1, -0.05) is 62.8 Å². The third-order valence-electron chi connectivity index (χ3n) is 10.9. The van der Waals surface area contributed by atoms with Crippen LogP contribution >= 0.6 is 11.6 Å². The SMILES string of the molecule is O=C(COc1ccc2c(c1)CCCN2C(=O)CCl)NCCCCCCCCCCC(=O)N1CCN(C(=O)c2cc(Cc3n[nH]c(=O)c4ccccc34)ccc2F)CC1. The Balaban J connectivity index is 0.797. The molecule has 14 heteroatoms. The van der Waals surface area contributed by atoms with Crippen LogP contribution in [0.2, 0.25) is 0 Å². The quantitative estimate of drug-likeness (QED) is 0.0905. The Morgan fingerprint density at radius 3 is 2.28 bits per heavy atom. The van der Waals surface area contributed by atoms with E-state index in [4.69, 9.17) is 16.3 Å². The highest BCUT2D eigenvalue weighted by Crippen LogP contribution is 2.31. The molecule has 0 spiro atoms. The zero-order valence-electron chi connectivity index (χ0n) is 32.9. The van der Waals surface area contributed by atoms with E-state index in [2.05, 4.69) is 15.5 Å². The van der Waals surface area contributed by atoms with E-state index in [1.807, 2.05) is 24.3 Å². The van der Waals surface area contributed by atoms with Gasteiger partial charge < -0.3 is 24.8 Å². The summed E-state index contributed by atoms with van der Waals surface area (Å²) in [5.41, 5.74) is 2.91. The Labute approximate surface area is 343 Å². The molecular formula is C44H52ClFN6O6. The Hall–Kier alpha value is -5.30. The number of aromatic nitrogens is 2. The first-order valence-corrected chi connectivity index (χ1v) is 21.0. The van der Waals surface area contributed by atoms with Crippen molar-refractivity contribution in [2.24, 2.45) is 0 Å². The number of nitrogens with one attached hydrogen (secondary N) is 2. The summed E-state index contributed by atoms with van der Waals surface area (Å²) in [5, 5.41) is 10.9. The van der Waals surface area contributed by atoms with Crippen LogP contribution in [-0.2, 0) is 27.2 Å². The molecule has 3 heterocycles. The first-order valence-electron chi connectivity index (χ1n) is 20.4. The molecule has 0 radical (unpaired) electrons. The molecular weight excluding hydrogens is 763 g/mol. The van der Waals surface area contributed by atoms with Gasteiger partial charge in [0, 0.05) is 63.2 Å². The normalized spacial score (nSPS) is 14.0. The van der Waals surface area contributed by atoms with Crippen LogP contribution in [0.15, 0.2) is 65.5 Å². The van der Waals surface area contributed by atoms with Crippen molar-refractivity contribution in [3.63, 3.8) is 0 Å². The van der Waals surface area contributed by atoms with Crippen LogP contribution in [0.5, 0.6) is 5.75 Å². The lowest BCUT2D eigenvalue weighted by Gasteiger charge is -2.35. The summed E-state index contributed by atoms with van der Waals surface area (Å²) >= 11 is 5.75. The van der Waals surface area contributed by atoms with Gasteiger partial charge in [-0.05, 0) is 73.2 Å². The fourth-order valence-corrected chi connectivity index (χ4v) is 7.86. The van der Waals surface area contributed by atoms with E-state index in [1.165, 1.54) is 6.07 Å². The molecule has 4 aromatic rings. The van der Waals surface area contributed by atoms with Crippen LogP contribution in [0.4, 0.5) is 10.1 Å². The van der Waals surface area contributed by atoms with Crippen molar-refractivity contribution in [1.29, 1.82) is 0 Å². The van der Waals surface area contributed by atoms with Gasteiger partial charge in [0.2, 0.25) is 11.8 Å². The average Bonchev–Trinajstić information content (AvgIpc) is 3.25. The molecule has 2 aliphatic rings. The number of H-pyrrole nitrogens is 1. The molecule has 1 fully saturated rings. The lowest BCUT2D eigenvalue weighted by Crippen LogP contribution is -2.50. The number of nitrogens with zero attached hydrogens (tertiary/aromatic N) is 4. The zero-order chi connectivity index (χ0) is 40.9. The topological polar surface area (TPSA) is 145 Å². The molecule has 308 valence electrons. The van der Waals surface area contributed by atoms with Gasteiger partial charge >= 0.3 is 0 Å². The number of hydrogen-bond acceptors (Lipinski definition) is 7. The lowest BCUT2D eigenvalue weighted by atomic mass is 10.0. The first-order chi connectivity index (χ1) is 28.2. The van der Waals surface area contributed by atoms with Crippen molar-refractivity contribution >= 4 is 51.7 Å². The Kier molecular flexibility index (Phi) is 15.3. The number of unbranched alkanes of at least 4 members (excludes halogenated alkanes) is 7. The summed E-state index contributed by atoms with van der Waals surface area (Å²) in [7, 11) is 0. The van der Waals surface area contributed by atoms with Gasteiger partial charge in [-0.3, -0.25) is 24.0 Å². The van der Waals surface area contributed by atoms with Crippen LogP contribution < -0.4 is 20.5 Å². The van der Waals surface area contributed by atoms with Crippen molar-refractivity contribution in [2.45, 2.75) is 77.0 Å². The molecule has 1 saturated heterocycles. The Morgan fingerprint density at radius 1 is 0.810 bits per heavy atom. The summed E-state index contributed by atoms with van der Waals surface area (Å²) in [6.07, 6.45) is 10.6. The number of halogens is 2. The first kappa shape index (κ1) is 42.3. The van der Waals surface area contributed by atoms with Crippen LogP contribution in [0, 0.1) is 5.82 Å². The summed E-state index contributed by atoms with van der Waals surface area (Å²) in [4.78, 5) is 68.0. The minimum absolute atomic E-state index is 0.0152. The van der Waals surface area contributed by atoms with Crippen molar-refractivity contribution < 1.29 is 28.3 Å². The van der Waals surface area contributed by atoms with Crippen LogP contribution in [0.25, 0.3) is 10.8 Å². The average molecular weight is 815 g/mol. The molecule has 0 atom stereocenters. The van der Waals surface area contributed by atoms with E-state index in [1.54, 1.807) is 45.0 Å². The second kappa shape index (κ2) is 20.9. The van der Waals surface area contributed by atoms with Crippen molar-refractivity contribution in [2.75, 3.05) is 56.7 Å². The number of anilines is 1. The molecule has 12 nitrogen and oxygen atoms in total. The van der Waals surface area contributed by atoms with Gasteiger partial charge in [-0.15, -0.1) is 11.6 Å². The molecule has 0 bridgehead atoms. The highest BCUT2D eigenvalue weighted by molar-refractivity contribution is 6.29. The number of rotatable bonds is 18. The zero-order valence-corrected chi connectivity index (χ0v) is 33.7. The Morgan fingerprint density at radius 2 is 1.52 bits per heavy atom. The highest BCUT2D eigenvalue weighted by atomic mass is 35.5. The van der Waals surface area contributed by atoms with Gasteiger partial charge in [0.05, 0.1) is 16.6 Å². The highest BCUT2D eigenvalue weighted by Gasteiger charge is 2.27. The summed E-state index contributed by atoms with van der Waals surface area (Å²) in [5.74, 6) is -0.638. The van der Waals surface area contributed by atoms with E-state index in [0.717, 1.165) is 75.5 Å². The largest absolute Gasteiger partial charge is 0.484 e. The fourth-order valence-electron chi connectivity index (χ4n) is 7.72. The van der Waals surface area contributed by atoms with Gasteiger partial charge in [0.25, 0.3) is 17.4 Å². The molecule has 6 rings (SSSR count). The van der Waals surface area contributed by atoms with Crippen LogP contribution in [0.3, 0.4) is 0 Å². The molecule has 4 amide bonds. The maximum Gasteiger partial charge on any atom is 0.272 e. The maximum atomic E-state index is 14.9. The molecule has 3 aromatic carbocycles. The van der Waals surface area contributed by atoms with Crippen molar-refractivity contribution in [3.8, 4) is 5.75 Å². The molecule has 0 unspecified atom stereocenters. The standard InChI is InChI=1S/C44H52ClFN6O6/c45-29-42(55)52-21-11-12-32-28-33(17-19-39(32)52)58-30-40(53)47-20-10-6-4-2-1-3-5-7-15-41(54)50-22-24-51(25-23-50)44(57)36-26-31(16-18-37(36)46)27-38-34-13-8-9-14-35(34)43(56)49-48-38/h8-9,13-14,16-19,26,28H,1-7,10-12,15,20-25,27,29-30H2,(H,47,53)(H,49,56). The second-order valence-electron chi connectivity index (χ2n) is 15.0. The predicted octanol–water partition coefficient (Wildman–Crippen LogP) is 6.16. The van der Waals surface area contributed by atoms with E-state index in [-0.39, 0.29) is 41.3 Å². The molecule has 1 aromatic heterocycles. The lowest BCUT2D eigenvalue weighted by molar-refractivity contribution is -0.132. The number of aryl methyl sites for hydroxylation is 1. The van der Waals surface area contributed by atoms with Crippen molar-refractivity contribution in [3.05, 3.63) is 99.2 Å². The molecule has 58 heavy (non-hydrogen) atoms. The van der Waals surface area contributed by atoms with Gasteiger partial charge in [-0.25, -0.2) is 9.49 Å². The van der Waals surface area contributed by atoms with Crippen LogP contribution in [0.1, 0.15) is 91.4 Å². The number of carbonyl (C=O) groups excluding carboxylic acids is 4. The fraction of sp³-hybridized carbons (Fsp3) is 0.455. The minimum Gasteiger partial charge on any atom is -0.484 e. The van der Waals surface area contributed by atoms with E-state index >= 15 is 0 Å². The number of aromatic amines is 1. The third kappa shape index (κ3) is 11.2. The number of piperazine rings is 1. The third-order valence-corrected chi connectivity index (χ3v) is 11.2. The summed E-state index contributed by atoms with van der Waals surface area (Å²) < 4.78 is 20.6. The van der Waals surface area contributed by atoms with Crippen molar-refractivity contribution in [1.82, 2.24) is 25.3 Å². The number of carbonyl (C=O) groups is 4. The molecule has 0 aliphatic carbocycles. The molecule has 0 saturated carbocycles. The smallest absolute Gasteiger partial charge is 0.272 e. The summed E-state index contributed by atoms with van der Waals surface area (Å²) in [6, 6.07) is 17.2. The monoisotopic (exact) mass is 814 g/mol. The maximum absolute atomic E-state index is 14.9. The molecule has 2 aliphatic heterocycles. The number of ether oxygens (including phenoxy) is 1. The number of benzene rings is 3. The predicted molar refractivity (Wildman–Crippen MR) is 222 cm³/mol. The van der Waals surface area contributed by atoms with Gasteiger partial charge in [0.15, 0.2) is 6.61 Å². The molecule has 2 N–H and O–H groups in total. The minimum atomic E-state index is -0.600. The van der Waals surface area contributed by atoms with E-state index in [9.17, 15) is 28.4 Å². The van der Waals surface area contributed by atoms with E-state index in [0.29, 0.717) is 79.9 Å².